The van der Waals surface area contributed by atoms with Gasteiger partial charge in [-0.15, -0.1) is 0 Å². The molecule has 1 aromatic carbocycles. The molecule has 0 aromatic heterocycles. The average molecular weight is 211 g/mol. The molecule has 2 N–H and O–H groups in total. The summed E-state index contributed by atoms with van der Waals surface area (Å²) in [5.41, 5.74) is 0.719. The van der Waals surface area contributed by atoms with Crippen molar-refractivity contribution >= 4 is 0 Å². The second kappa shape index (κ2) is 6.53. The molecule has 0 radical (unpaired) electrons. The molecule has 0 spiro atoms. The Morgan fingerprint density at radius 3 is 2.80 bits per heavy atom. The van der Waals surface area contributed by atoms with E-state index in [0.717, 1.165) is 12.0 Å². The molecule has 0 saturated heterocycles. The van der Waals surface area contributed by atoms with E-state index in [9.17, 15) is 9.50 Å². The van der Waals surface area contributed by atoms with Crippen LogP contribution in [0.4, 0.5) is 4.39 Å². The van der Waals surface area contributed by atoms with E-state index >= 15 is 0 Å². The van der Waals surface area contributed by atoms with Crippen molar-refractivity contribution in [3.63, 3.8) is 0 Å². The normalized spacial score (nSPS) is 12.7. The molecule has 0 bridgehead atoms. The summed E-state index contributed by atoms with van der Waals surface area (Å²) in [5, 5.41) is 12.4. The number of nitrogens with one attached hydrogen (secondary N) is 1. The van der Waals surface area contributed by atoms with Crippen LogP contribution in [-0.4, -0.2) is 24.3 Å². The predicted octanol–water partition coefficient (Wildman–Crippen LogP) is 1.73. The van der Waals surface area contributed by atoms with Crippen molar-refractivity contribution in [1.82, 2.24) is 5.32 Å². The minimum atomic E-state index is -0.300. The van der Waals surface area contributed by atoms with Gasteiger partial charge in [0, 0.05) is 6.54 Å². The Balaban J connectivity index is 2.23. The summed E-state index contributed by atoms with van der Waals surface area (Å²) < 4.78 is 13.2. The monoisotopic (exact) mass is 211 g/mol. The van der Waals surface area contributed by atoms with E-state index in [1.165, 1.54) is 6.07 Å². The van der Waals surface area contributed by atoms with Gasteiger partial charge in [-0.05, 0) is 31.0 Å². The molecule has 1 rings (SSSR count). The maximum Gasteiger partial charge on any atom is 0.126 e. The fourth-order valence-electron chi connectivity index (χ4n) is 1.34. The summed E-state index contributed by atoms with van der Waals surface area (Å²) >= 11 is 0. The molecule has 0 aliphatic rings. The van der Waals surface area contributed by atoms with E-state index in [1.54, 1.807) is 12.1 Å². The smallest absolute Gasteiger partial charge is 0.126 e. The minimum Gasteiger partial charge on any atom is -0.392 e. The number of aliphatic hydroxyl groups is 1. The van der Waals surface area contributed by atoms with E-state index in [4.69, 9.17) is 0 Å². The molecule has 0 saturated carbocycles. The molecule has 1 aromatic rings. The number of aliphatic hydroxyl groups excluding tert-OH is 1. The molecule has 84 valence electrons. The summed E-state index contributed by atoms with van der Waals surface area (Å²) in [6.45, 7) is 3.20. The molecular formula is C12H18FNO. The SMILES string of the molecule is CCC(O)CNCCc1ccccc1F. The Labute approximate surface area is 90.1 Å². The highest BCUT2D eigenvalue weighted by Gasteiger charge is 2.01. The summed E-state index contributed by atoms with van der Waals surface area (Å²) in [6.07, 6.45) is 1.10. The molecule has 0 heterocycles. The van der Waals surface area contributed by atoms with Crippen molar-refractivity contribution < 1.29 is 9.50 Å². The van der Waals surface area contributed by atoms with Gasteiger partial charge < -0.3 is 10.4 Å². The second-order valence-corrected chi connectivity index (χ2v) is 3.61. The first-order valence-corrected chi connectivity index (χ1v) is 5.36. The fraction of sp³-hybridized carbons (Fsp3) is 0.500. The zero-order valence-electron chi connectivity index (χ0n) is 9.04. The van der Waals surface area contributed by atoms with Crippen LogP contribution in [0, 0.1) is 5.82 Å². The Morgan fingerprint density at radius 2 is 2.13 bits per heavy atom. The van der Waals surface area contributed by atoms with Gasteiger partial charge in [-0.25, -0.2) is 4.39 Å². The van der Waals surface area contributed by atoms with Gasteiger partial charge in [-0.1, -0.05) is 25.1 Å². The molecule has 1 unspecified atom stereocenters. The molecule has 15 heavy (non-hydrogen) atoms. The van der Waals surface area contributed by atoms with Gasteiger partial charge >= 0.3 is 0 Å². The third-order valence-corrected chi connectivity index (χ3v) is 2.38. The van der Waals surface area contributed by atoms with Gasteiger partial charge in [0.1, 0.15) is 5.82 Å². The largest absolute Gasteiger partial charge is 0.392 e. The van der Waals surface area contributed by atoms with Crippen LogP contribution in [0.3, 0.4) is 0 Å². The summed E-state index contributed by atoms with van der Waals surface area (Å²) in [7, 11) is 0. The van der Waals surface area contributed by atoms with Crippen molar-refractivity contribution in [3.05, 3.63) is 35.6 Å². The summed E-state index contributed by atoms with van der Waals surface area (Å²) in [4.78, 5) is 0. The van der Waals surface area contributed by atoms with Crippen LogP contribution >= 0.6 is 0 Å². The Morgan fingerprint density at radius 1 is 1.40 bits per heavy atom. The number of rotatable bonds is 6. The molecular weight excluding hydrogens is 193 g/mol. The number of benzene rings is 1. The molecule has 0 aliphatic carbocycles. The topological polar surface area (TPSA) is 32.3 Å². The molecule has 0 fully saturated rings. The van der Waals surface area contributed by atoms with Gasteiger partial charge in [0.2, 0.25) is 0 Å². The van der Waals surface area contributed by atoms with E-state index in [0.29, 0.717) is 19.5 Å². The highest BCUT2D eigenvalue weighted by Crippen LogP contribution is 2.06. The lowest BCUT2D eigenvalue weighted by atomic mass is 10.1. The fourth-order valence-corrected chi connectivity index (χ4v) is 1.34. The lowest BCUT2D eigenvalue weighted by molar-refractivity contribution is 0.168. The van der Waals surface area contributed by atoms with E-state index in [-0.39, 0.29) is 11.9 Å². The average Bonchev–Trinajstić information content (AvgIpc) is 2.26. The molecule has 3 heteroatoms. The molecule has 1 atom stereocenters. The van der Waals surface area contributed by atoms with Gasteiger partial charge in [0.25, 0.3) is 0 Å². The Hall–Kier alpha value is -0.930. The minimum absolute atomic E-state index is 0.157. The first-order valence-electron chi connectivity index (χ1n) is 5.36. The molecule has 2 nitrogen and oxygen atoms in total. The van der Waals surface area contributed by atoms with Crippen LogP contribution in [0.1, 0.15) is 18.9 Å². The standard InChI is InChI=1S/C12H18FNO/c1-2-11(15)9-14-8-7-10-5-3-4-6-12(10)13/h3-6,11,14-15H,2,7-9H2,1H3. The lowest BCUT2D eigenvalue weighted by Crippen LogP contribution is -2.27. The first-order chi connectivity index (χ1) is 7.24. The zero-order chi connectivity index (χ0) is 11.1. The first kappa shape index (κ1) is 12.1. The predicted molar refractivity (Wildman–Crippen MR) is 59.3 cm³/mol. The van der Waals surface area contributed by atoms with E-state index in [2.05, 4.69) is 5.32 Å². The van der Waals surface area contributed by atoms with Gasteiger partial charge in [-0.3, -0.25) is 0 Å². The Bertz CT molecular complexity index is 291. The Kier molecular flexibility index (Phi) is 5.29. The van der Waals surface area contributed by atoms with Crippen LogP contribution < -0.4 is 5.32 Å². The zero-order valence-corrected chi connectivity index (χ0v) is 9.04. The third kappa shape index (κ3) is 4.40. The van der Waals surface area contributed by atoms with Crippen LogP contribution in [0.5, 0.6) is 0 Å². The van der Waals surface area contributed by atoms with Gasteiger partial charge in [0.05, 0.1) is 6.10 Å². The van der Waals surface area contributed by atoms with Crippen molar-refractivity contribution in [2.24, 2.45) is 0 Å². The third-order valence-electron chi connectivity index (χ3n) is 2.38. The van der Waals surface area contributed by atoms with E-state index < -0.39 is 0 Å². The highest BCUT2D eigenvalue weighted by atomic mass is 19.1. The van der Waals surface area contributed by atoms with Crippen LogP contribution in [0.15, 0.2) is 24.3 Å². The van der Waals surface area contributed by atoms with Crippen molar-refractivity contribution in [2.45, 2.75) is 25.9 Å². The highest BCUT2D eigenvalue weighted by molar-refractivity contribution is 5.17. The quantitative estimate of drug-likeness (QED) is 0.702. The lowest BCUT2D eigenvalue weighted by Gasteiger charge is -2.09. The van der Waals surface area contributed by atoms with Crippen LogP contribution in [0.25, 0.3) is 0 Å². The van der Waals surface area contributed by atoms with Gasteiger partial charge in [0.15, 0.2) is 0 Å². The second-order valence-electron chi connectivity index (χ2n) is 3.61. The van der Waals surface area contributed by atoms with Crippen molar-refractivity contribution in [2.75, 3.05) is 13.1 Å². The van der Waals surface area contributed by atoms with Crippen LogP contribution in [-0.2, 0) is 6.42 Å². The van der Waals surface area contributed by atoms with Crippen LogP contribution in [0.2, 0.25) is 0 Å². The van der Waals surface area contributed by atoms with Crippen molar-refractivity contribution in [1.29, 1.82) is 0 Å². The van der Waals surface area contributed by atoms with Gasteiger partial charge in [-0.2, -0.15) is 0 Å². The maximum atomic E-state index is 13.2. The number of hydrogen-bond donors (Lipinski definition) is 2. The summed E-state index contributed by atoms with van der Waals surface area (Å²) in [5.74, 6) is -0.157. The number of hydrogen-bond acceptors (Lipinski definition) is 2. The number of halogens is 1. The molecule has 0 amide bonds. The maximum absolute atomic E-state index is 13.2. The summed E-state index contributed by atoms with van der Waals surface area (Å²) in [6, 6.07) is 6.77. The molecule has 0 aliphatic heterocycles. The van der Waals surface area contributed by atoms with Crippen molar-refractivity contribution in [3.8, 4) is 0 Å². The van der Waals surface area contributed by atoms with E-state index in [1.807, 2.05) is 13.0 Å².